The number of hydrogen-bond donors (Lipinski definition) is 0. The highest BCUT2D eigenvalue weighted by Gasteiger charge is 2.51. The van der Waals surface area contributed by atoms with Crippen LogP contribution in [-0.4, -0.2) is 50.9 Å². The van der Waals surface area contributed by atoms with Crippen molar-refractivity contribution < 1.29 is 18.0 Å². The number of imidazole rings is 1. The maximum Gasteiger partial charge on any atom is 0.416 e. The van der Waals surface area contributed by atoms with E-state index in [0.717, 1.165) is 56.8 Å². The van der Waals surface area contributed by atoms with Gasteiger partial charge in [-0.1, -0.05) is 19.9 Å². The van der Waals surface area contributed by atoms with E-state index in [2.05, 4.69) is 28.3 Å². The fourth-order valence-electron chi connectivity index (χ4n) is 6.58. The second kappa shape index (κ2) is 9.26. The fourth-order valence-corrected chi connectivity index (χ4v) is 6.58. The Balaban J connectivity index is 1.27. The van der Waals surface area contributed by atoms with Crippen LogP contribution in [0.15, 0.2) is 36.9 Å². The Morgan fingerprint density at radius 1 is 1.09 bits per heavy atom. The first kappa shape index (κ1) is 24.3. The lowest BCUT2D eigenvalue weighted by atomic mass is 9.73. The minimum atomic E-state index is -4.37. The Morgan fingerprint density at radius 2 is 1.86 bits per heavy atom. The topological polar surface area (TPSA) is 41.4 Å². The minimum absolute atomic E-state index is 0.131. The van der Waals surface area contributed by atoms with Gasteiger partial charge in [-0.05, 0) is 67.7 Å². The summed E-state index contributed by atoms with van der Waals surface area (Å²) in [6.45, 7) is 7.15. The van der Waals surface area contributed by atoms with Gasteiger partial charge in [0.2, 0.25) is 5.91 Å². The van der Waals surface area contributed by atoms with Crippen LogP contribution >= 0.6 is 0 Å². The predicted octanol–water partition coefficient (Wildman–Crippen LogP) is 5.32. The molecule has 0 spiro atoms. The van der Waals surface area contributed by atoms with Gasteiger partial charge in [0.15, 0.2) is 0 Å². The van der Waals surface area contributed by atoms with Gasteiger partial charge in [0.05, 0.1) is 17.3 Å². The van der Waals surface area contributed by atoms with E-state index < -0.39 is 17.2 Å². The van der Waals surface area contributed by atoms with Crippen LogP contribution in [0.3, 0.4) is 0 Å². The van der Waals surface area contributed by atoms with E-state index in [1.807, 2.05) is 23.6 Å². The number of alkyl halides is 3. The third-order valence-electron chi connectivity index (χ3n) is 8.85. The molecule has 1 amide bonds. The van der Waals surface area contributed by atoms with Crippen LogP contribution in [0.1, 0.15) is 68.7 Å². The third kappa shape index (κ3) is 4.61. The van der Waals surface area contributed by atoms with E-state index >= 15 is 0 Å². The molecule has 1 aromatic carbocycles. The highest BCUT2D eigenvalue weighted by atomic mass is 19.4. The van der Waals surface area contributed by atoms with Gasteiger partial charge in [0.25, 0.3) is 0 Å². The lowest BCUT2D eigenvalue weighted by Gasteiger charge is -2.41. The summed E-state index contributed by atoms with van der Waals surface area (Å²) in [5, 5.41) is 0. The molecule has 3 aliphatic rings. The van der Waals surface area contributed by atoms with Crippen molar-refractivity contribution in [3.8, 4) is 0 Å². The molecule has 5 nitrogen and oxygen atoms in total. The normalized spacial score (nSPS) is 26.3. The van der Waals surface area contributed by atoms with Gasteiger partial charge >= 0.3 is 6.18 Å². The number of fused-ring (bicyclic) bond motifs is 1. The Hall–Kier alpha value is -2.35. The molecule has 35 heavy (non-hydrogen) atoms. The molecule has 0 bridgehead atoms. The summed E-state index contributed by atoms with van der Waals surface area (Å²) in [5.41, 5.74) is 0.481. The fraction of sp³-hybridized carbons (Fsp3) is 0.630. The summed E-state index contributed by atoms with van der Waals surface area (Å²) in [4.78, 5) is 22.5. The lowest BCUT2D eigenvalue weighted by molar-refractivity contribution is -0.146. The first-order valence-corrected chi connectivity index (χ1v) is 12.9. The van der Waals surface area contributed by atoms with E-state index in [9.17, 15) is 18.0 Å². The largest absolute Gasteiger partial charge is 0.416 e. The second-order valence-corrected chi connectivity index (χ2v) is 10.9. The number of benzene rings is 1. The molecule has 3 heterocycles. The summed E-state index contributed by atoms with van der Waals surface area (Å²) in [7, 11) is 0. The molecule has 1 aromatic heterocycles. The van der Waals surface area contributed by atoms with Crippen LogP contribution < -0.4 is 0 Å². The highest BCUT2D eigenvalue weighted by molar-refractivity contribution is 5.84. The monoisotopic (exact) mass is 488 g/mol. The molecule has 1 unspecified atom stereocenters. The van der Waals surface area contributed by atoms with Crippen LogP contribution in [0.2, 0.25) is 0 Å². The Morgan fingerprint density at radius 3 is 2.51 bits per heavy atom. The van der Waals surface area contributed by atoms with Crippen LogP contribution in [0.25, 0.3) is 0 Å². The lowest BCUT2D eigenvalue weighted by Crippen LogP contribution is -2.49. The third-order valence-corrected chi connectivity index (χ3v) is 8.85. The molecule has 2 aromatic rings. The van der Waals surface area contributed by atoms with Gasteiger partial charge in [-0.3, -0.25) is 4.79 Å². The predicted molar refractivity (Wildman–Crippen MR) is 128 cm³/mol. The maximum absolute atomic E-state index is 14.0. The molecule has 1 saturated carbocycles. The quantitative estimate of drug-likeness (QED) is 0.585. The molecule has 5 rings (SSSR count). The van der Waals surface area contributed by atoms with E-state index in [1.165, 1.54) is 6.07 Å². The molecule has 2 aliphatic heterocycles. The van der Waals surface area contributed by atoms with E-state index in [1.54, 1.807) is 6.07 Å². The molecule has 1 saturated heterocycles. The Kier molecular flexibility index (Phi) is 6.45. The molecule has 190 valence electrons. The van der Waals surface area contributed by atoms with Gasteiger partial charge in [-0.15, -0.1) is 0 Å². The smallest absolute Gasteiger partial charge is 0.338 e. The molecular weight excluding hydrogens is 453 g/mol. The molecular formula is C27H35F3N4O. The summed E-state index contributed by atoms with van der Waals surface area (Å²) < 4.78 is 42.0. The van der Waals surface area contributed by atoms with Crippen LogP contribution in [0, 0.1) is 11.3 Å². The zero-order valence-corrected chi connectivity index (χ0v) is 20.6. The van der Waals surface area contributed by atoms with Crippen molar-refractivity contribution >= 4 is 5.91 Å². The summed E-state index contributed by atoms with van der Waals surface area (Å²) in [6.07, 6.45) is 6.85. The van der Waals surface area contributed by atoms with Gasteiger partial charge in [-0.25, -0.2) is 4.98 Å². The van der Waals surface area contributed by atoms with Gasteiger partial charge in [-0.2, -0.15) is 13.2 Å². The molecule has 0 radical (unpaired) electrons. The van der Waals surface area contributed by atoms with E-state index in [-0.39, 0.29) is 18.4 Å². The number of rotatable bonds is 4. The number of nitrogens with zero attached hydrogens (tertiary/aromatic N) is 4. The number of carbonyl (C=O) groups excluding carboxylic acids is 1. The van der Waals surface area contributed by atoms with Crippen molar-refractivity contribution in [1.82, 2.24) is 19.4 Å². The highest BCUT2D eigenvalue weighted by Crippen LogP contribution is 2.48. The zero-order chi connectivity index (χ0) is 24.8. The number of likely N-dealkylation sites (tertiary alicyclic amines) is 1. The summed E-state index contributed by atoms with van der Waals surface area (Å²) in [6, 6.07) is 4.85. The molecule has 2 fully saturated rings. The van der Waals surface area contributed by atoms with Crippen LogP contribution in [0.5, 0.6) is 0 Å². The van der Waals surface area contributed by atoms with Gasteiger partial charge in [0.1, 0.15) is 0 Å². The minimum Gasteiger partial charge on any atom is -0.338 e. The first-order chi connectivity index (χ1) is 16.7. The van der Waals surface area contributed by atoms with E-state index in [4.69, 9.17) is 0 Å². The Labute approximate surface area is 205 Å². The SMILES string of the molecule is CC(C)[C@]1(C(=O)N2CCc3ccc(C(F)(F)F)cc3C2)CCC(N2CCC(n3ccnc3)CC2)C1. The molecule has 2 atom stereocenters. The number of halogens is 3. The molecule has 1 aliphatic carbocycles. The number of aromatic nitrogens is 2. The number of amides is 1. The average molecular weight is 489 g/mol. The van der Waals surface area contributed by atoms with Crippen molar-refractivity contribution in [1.29, 1.82) is 0 Å². The second-order valence-electron chi connectivity index (χ2n) is 10.9. The number of hydrogen-bond acceptors (Lipinski definition) is 3. The summed E-state index contributed by atoms with van der Waals surface area (Å²) in [5.74, 6) is 0.317. The zero-order valence-electron chi connectivity index (χ0n) is 20.6. The van der Waals surface area contributed by atoms with Gasteiger partial charge in [0, 0.05) is 50.7 Å². The standard InChI is InChI=1S/C27H35F3N4O/c1-19(2)26(9-5-24(16-26)32-12-7-23(8-13-32)34-14-10-31-18-34)25(35)33-11-6-20-3-4-22(27(28,29)30)15-21(20)17-33/h3-4,10,14-15,18-19,23-24H,5-9,11-13,16-17H2,1-2H3/t24?,26-/m0/s1. The number of carbonyl (C=O) groups is 1. The van der Waals surface area contributed by atoms with E-state index in [0.29, 0.717) is 30.6 Å². The van der Waals surface area contributed by atoms with Crippen molar-refractivity contribution in [2.45, 2.75) is 77.2 Å². The maximum atomic E-state index is 14.0. The van der Waals surface area contributed by atoms with Crippen molar-refractivity contribution in [3.05, 3.63) is 53.6 Å². The first-order valence-electron chi connectivity index (χ1n) is 12.9. The van der Waals surface area contributed by atoms with Crippen LogP contribution in [-0.2, 0) is 23.9 Å². The van der Waals surface area contributed by atoms with Crippen molar-refractivity contribution in [2.24, 2.45) is 11.3 Å². The van der Waals surface area contributed by atoms with Gasteiger partial charge < -0.3 is 14.4 Å². The van der Waals surface area contributed by atoms with Crippen LogP contribution in [0.4, 0.5) is 13.2 Å². The molecule has 8 heteroatoms. The average Bonchev–Trinajstić information content (AvgIpc) is 3.54. The summed E-state index contributed by atoms with van der Waals surface area (Å²) >= 11 is 0. The molecule has 0 N–H and O–H groups in total. The van der Waals surface area contributed by atoms with Crippen molar-refractivity contribution in [3.63, 3.8) is 0 Å². The van der Waals surface area contributed by atoms with Crippen molar-refractivity contribution in [2.75, 3.05) is 19.6 Å². The number of piperidine rings is 1. The Bertz CT molecular complexity index is 1040.